The molecule has 1 aliphatic rings. The van der Waals surface area contributed by atoms with Gasteiger partial charge in [-0.05, 0) is 49.7 Å². The highest BCUT2D eigenvalue weighted by Crippen LogP contribution is 2.29. The molecule has 1 fully saturated rings. The molecule has 0 saturated carbocycles. The van der Waals surface area contributed by atoms with Gasteiger partial charge in [-0.3, -0.25) is 0 Å². The van der Waals surface area contributed by atoms with Crippen LogP contribution in [-0.2, 0) is 6.42 Å². The van der Waals surface area contributed by atoms with Gasteiger partial charge in [-0.2, -0.15) is 4.98 Å². The summed E-state index contributed by atoms with van der Waals surface area (Å²) in [4.78, 5) is 8.83. The number of rotatable bonds is 5. The summed E-state index contributed by atoms with van der Waals surface area (Å²) in [5, 5.41) is 7.45. The number of pyridine rings is 1. The van der Waals surface area contributed by atoms with E-state index in [1.165, 1.54) is 0 Å². The molecular weight excluding hydrogens is 340 g/mol. The second kappa shape index (κ2) is 8.09. The van der Waals surface area contributed by atoms with Gasteiger partial charge in [0.2, 0.25) is 17.6 Å². The lowest BCUT2D eigenvalue weighted by atomic mass is 10.1. The van der Waals surface area contributed by atoms with Crippen molar-refractivity contribution in [3.8, 4) is 23.0 Å². The summed E-state index contributed by atoms with van der Waals surface area (Å²) in [6.07, 6.45) is 3.63. The van der Waals surface area contributed by atoms with Gasteiger partial charge in [0.25, 0.3) is 0 Å². The van der Waals surface area contributed by atoms with Crippen LogP contribution in [0.4, 0.5) is 0 Å². The summed E-state index contributed by atoms with van der Waals surface area (Å²) in [7, 11) is 0. The molecule has 1 unspecified atom stereocenters. The summed E-state index contributed by atoms with van der Waals surface area (Å²) in [5.74, 6) is 2.92. The van der Waals surface area contributed by atoms with Crippen molar-refractivity contribution in [1.82, 2.24) is 20.4 Å². The average molecular weight is 359 g/mol. The van der Waals surface area contributed by atoms with E-state index < -0.39 is 0 Å². The third-order valence-corrected chi connectivity index (χ3v) is 4.06. The number of nitrogens with one attached hydrogen (secondary N) is 1. The van der Waals surface area contributed by atoms with E-state index in [2.05, 4.69) is 20.4 Å². The van der Waals surface area contributed by atoms with E-state index in [0.717, 1.165) is 37.2 Å². The zero-order valence-corrected chi connectivity index (χ0v) is 14.4. The first-order valence-electron chi connectivity index (χ1n) is 8.10. The van der Waals surface area contributed by atoms with Gasteiger partial charge in [0.1, 0.15) is 5.75 Å². The molecule has 1 saturated heterocycles. The highest BCUT2D eigenvalue weighted by molar-refractivity contribution is 5.85. The minimum absolute atomic E-state index is 0. The first-order valence-corrected chi connectivity index (χ1v) is 8.10. The molecule has 0 amide bonds. The molecule has 2 aromatic heterocycles. The fourth-order valence-corrected chi connectivity index (χ4v) is 2.83. The Bertz CT molecular complexity index is 804. The van der Waals surface area contributed by atoms with Gasteiger partial charge >= 0.3 is 0 Å². The van der Waals surface area contributed by atoms with Crippen LogP contribution in [0, 0.1) is 5.92 Å². The largest absolute Gasteiger partial charge is 0.438 e. The van der Waals surface area contributed by atoms with Crippen molar-refractivity contribution in [3.63, 3.8) is 0 Å². The van der Waals surface area contributed by atoms with Crippen LogP contribution >= 0.6 is 12.4 Å². The summed E-state index contributed by atoms with van der Waals surface area (Å²) in [6.45, 7) is 2.07. The molecule has 1 atom stereocenters. The maximum atomic E-state index is 5.86. The summed E-state index contributed by atoms with van der Waals surface area (Å²) in [5.41, 5.74) is 0.723. The van der Waals surface area contributed by atoms with Crippen molar-refractivity contribution in [2.45, 2.75) is 12.8 Å². The van der Waals surface area contributed by atoms with E-state index in [0.29, 0.717) is 23.5 Å². The number of para-hydroxylation sites is 1. The van der Waals surface area contributed by atoms with Gasteiger partial charge in [0.15, 0.2) is 0 Å². The van der Waals surface area contributed by atoms with Crippen LogP contribution in [0.3, 0.4) is 0 Å². The molecule has 6 nitrogen and oxygen atoms in total. The van der Waals surface area contributed by atoms with Crippen molar-refractivity contribution in [3.05, 3.63) is 54.6 Å². The summed E-state index contributed by atoms with van der Waals surface area (Å²) >= 11 is 0. The first-order chi connectivity index (χ1) is 11.9. The Kier molecular flexibility index (Phi) is 5.63. The molecule has 0 radical (unpaired) electrons. The molecule has 1 aliphatic heterocycles. The van der Waals surface area contributed by atoms with Crippen LogP contribution in [0.5, 0.6) is 11.6 Å². The normalized spacial score (nSPS) is 16.4. The molecule has 0 bridgehead atoms. The van der Waals surface area contributed by atoms with Crippen molar-refractivity contribution >= 4 is 12.4 Å². The van der Waals surface area contributed by atoms with Crippen molar-refractivity contribution in [1.29, 1.82) is 0 Å². The molecular formula is C18H19ClN4O2. The van der Waals surface area contributed by atoms with Gasteiger partial charge in [-0.1, -0.05) is 23.4 Å². The number of hydrogen-bond donors (Lipinski definition) is 1. The third kappa shape index (κ3) is 4.15. The number of aromatic nitrogens is 3. The smallest absolute Gasteiger partial charge is 0.230 e. The number of nitrogens with zero attached hydrogens (tertiary/aromatic N) is 3. The molecule has 1 aromatic carbocycles. The average Bonchev–Trinajstić information content (AvgIpc) is 3.29. The van der Waals surface area contributed by atoms with Crippen molar-refractivity contribution in [2.24, 2.45) is 5.92 Å². The Balaban J connectivity index is 0.00000182. The maximum Gasteiger partial charge on any atom is 0.230 e. The van der Waals surface area contributed by atoms with Gasteiger partial charge < -0.3 is 14.6 Å². The molecule has 3 heterocycles. The molecule has 4 rings (SSSR count). The standard InChI is InChI=1S/C18H18N4O2.ClH/c1-2-5-14(6-3-1)23-18-15(7-4-9-20-18)17-21-16(24-22-17)11-13-8-10-19-12-13;/h1-7,9,13,19H,8,10-12H2;1H. The Morgan fingerprint density at radius 1 is 1.16 bits per heavy atom. The molecule has 0 aliphatic carbocycles. The van der Waals surface area contributed by atoms with E-state index >= 15 is 0 Å². The van der Waals surface area contributed by atoms with Gasteiger partial charge in [0, 0.05) is 12.6 Å². The van der Waals surface area contributed by atoms with E-state index in [4.69, 9.17) is 9.26 Å². The minimum Gasteiger partial charge on any atom is -0.438 e. The van der Waals surface area contributed by atoms with Gasteiger partial charge in [-0.15, -0.1) is 12.4 Å². The molecule has 7 heteroatoms. The van der Waals surface area contributed by atoms with Crippen molar-refractivity contribution in [2.75, 3.05) is 13.1 Å². The van der Waals surface area contributed by atoms with E-state index in [-0.39, 0.29) is 12.4 Å². The number of halogens is 1. The Morgan fingerprint density at radius 3 is 2.84 bits per heavy atom. The van der Waals surface area contributed by atoms with Crippen LogP contribution < -0.4 is 10.1 Å². The van der Waals surface area contributed by atoms with E-state index in [1.807, 2.05) is 42.5 Å². The number of ether oxygens (including phenoxy) is 1. The minimum atomic E-state index is 0. The van der Waals surface area contributed by atoms with E-state index in [9.17, 15) is 0 Å². The van der Waals surface area contributed by atoms with Gasteiger partial charge in [0.05, 0.1) is 5.56 Å². The second-order valence-electron chi connectivity index (χ2n) is 5.85. The zero-order chi connectivity index (χ0) is 16.2. The lowest BCUT2D eigenvalue weighted by molar-refractivity contribution is 0.357. The number of benzene rings is 1. The quantitative estimate of drug-likeness (QED) is 0.752. The fourth-order valence-electron chi connectivity index (χ4n) is 2.83. The maximum absolute atomic E-state index is 5.86. The number of hydrogen-bond acceptors (Lipinski definition) is 6. The molecule has 3 aromatic rings. The molecule has 25 heavy (non-hydrogen) atoms. The second-order valence-corrected chi connectivity index (χ2v) is 5.85. The lowest BCUT2D eigenvalue weighted by Gasteiger charge is -2.07. The summed E-state index contributed by atoms with van der Waals surface area (Å²) in [6, 6.07) is 13.3. The lowest BCUT2D eigenvalue weighted by Crippen LogP contribution is -2.10. The Morgan fingerprint density at radius 2 is 2.04 bits per heavy atom. The fraction of sp³-hybridized carbons (Fsp3) is 0.278. The molecule has 130 valence electrons. The Labute approximate surface area is 152 Å². The van der Waals surface area contributed by atoms with Crippen molar-refractivity contribution < 1.29 is 9.26 Å². The Hall–Kier alpha value is -2.44. The topological polar surface area (TPSA) is 73.1 Å². The van der Waals surface area contributed by atoms with Crippen LogP contribution in [0.25, 0.3) is 11.4 Å². The first kappa shape index (κ1) is 17.4. The van der Waals surface area contributed by atoms with E-state index in [1.54, 1.807) is 6.20 Å². The molecule has 0 spiro atoms. The third-order valence-electron chi connectivity index (χ3n) is 4.06. The van der Waals surface area contributed by atoms with Crippen LogP contribution in [0.15, 0.2) is 53.2 Å². The van der Waals surface area contributed by atoms with Gasteiger partial charge in [-0.25, -0.2) is 4.98 Å². The predicted molar refractivity (Wildman–Crippen MR) is 96.0 cm³/mol. The van der Waals surface area contributed by atoms with Crippen LogP contribution in [0.1, 0.15) is 12.3 Å². The molecule has 1 N–H and O–H groups in total. The highest BCUT2D eigenvalue weighted by atomic mass is 35.5. The SMILES string of the molecule is Cl.c1ccc(Oc2ncccc2-c2noc(CC3CCNC3)n2)cc1. The monoisotopic (exact) mass is 358 g/mol. The highest BCUT2D eigenvalue weighted by Gasteiger charge is 2.20. The zero-order valence-electron chi connectivity index (χ0n) is 13.6. The summed E-state index contributed by atoms with van der Waals surface area (Å²) < 4.78 is 11.3. The van der Waals surface area contributed by atoms with Crippen LogP contribution in [-0.4, -0.2) is 28.2 Å². The predicted octanol–water partition coefficient (Wildman–Crippen LogP) is 3.50. The van der Waals surface area contributed by atoms with Crippen LogP contribution in [0.2, 0.25) is 0 Å².